The van der Waals surface area contributed by atoms with Crippen LogP contribution in [0.2, 0.25) is 0 Å². The summed E-state index contributed by atoms with van der Waals surface area (Å²) < 4.78 is 5.59. The Bertz CT molecular complexity index is 865. The van der Waals surface area contributed by atoms with Crippen molar-refractivity contribution in [2.24, 2.45) is 0 Å². The van der Waals surface area contributed by atoms with Gasteiger partial charge in [0, 0.05) is 50.7 Å². The van der Waals surface area contributed by atoms with Crippen LogP contribution in [-0.4, -0.2) is 51.9 Å². The van der Waals surface area contributed by atoms with Gasteiger partial charge in [-0.3, -0.25) is 4.79 Å². The van der Waals surface area contributed by atoms with Gasteiger partial charge >= 0.3 is 0 Å². The number of oxazole rings is 1. The Kier molecular flexibility index (Phi) is 4.12. The Morgan fingerprint density at radius 2 is 1.80 bits per heavy atom. The molecule has 1 aliphatic heterocycles. The molecule has 0 spiro atoms. The maximum absolute atomic E-state index is 12.3. The van der Waals surface area contributed by atoms with Gasteiger partial charge < -0.3 is 14.2 Å². The van der Waals surface area contributed by atoms with Crippen molar-refractivity contribution in [1.29, 1.82) is 0 Å². The fourth-order valence-electron chi connectivity index (χ4n) is 2.79. The molecular weight excluding hydrogens is 318 g/mol. The topological polar surface area (TPSA) is 75.4 Å². The molecule has 0 atom stereocenters. The van der Waals surface area contributed by atoms with Crippen LogP contribution >= 0.6 is 0 Å². The van der Waals surface area contributed by atoms with Crippen LogP contribution in [0.5, 0.6) is 0 Å². The second kappa shape index (κ2) is 6.72. The molecule has 2 aromatic heterocycles. The summed E-state index contributed by atoms with van der Waals surface area (Å²) in [7, 11) is 0. The molecule has 1 amide bonds. The van der Waals surface area contributed by atoms with Crippen LogP contribution in [0.3, 0.4) is 0 Å². The van der Waals surface area contributed by atoms with Gasteiger partial charge in [-0.25, -0.2) is 15.0 Å². The van der Waals surface area contributed by atoms with Gasteiger partial charge in [0.25, 0.3) is 0 Å². The maximum Gasteiger partial charge on any atom is 0.246 e. The molecule has 126 valence electrons. The second-order valence-electron chi connectivity index (χ2n) is 5.71. The lowest BCUT2D eigenvalue weighted by Crippen LogP contribution is -2.48. The molecular formula is C18H17N5O2. The van der Waals surface area contributed by atoms with Gasteiger partial charge in [0.2, 0.25) is 17.7 Å². The smallest absolute Gasteiger partial charge is 0.246 e. The van der Waals surface area contributed by atoms with Gasteiger partial charge in [-0.1, -0.05) is 12.1 Å². The zero-order valence-electron chi connectivity index (χ0n) is 13.6. The molecule has 3 heterocycles. The molecule has 3 aromatic rings. The summed E-state index contributed by atoms with van der Waals surface area (Å²) in [5.41, 5.74) is 1.50. The molecule has 7 heteroatoms. The van der Waals surface area contributed by atoms with Gasteiger partial charge in [0.15, 0.2) is 5.58 Å². The van der Waals surface area contributed by atoms with E-state index in [1.807, 2.05) is 24.3 Å². The molecule has 0 saturated carbocycles. The van der Waals surface area contributed by atoms with Crippen LogP contribution in [0, 0.1) is 0 Å². The molecule has 0 unspecified atom stereocenters. The quantitative estimate of drug-likeness (QED) is 0.681. The van der Waals surface area contributed by atoms with Gasteiger partial charge in [0.1, 0.15) is 5.52 Å². The van der Waals surface area contributed by atoms with Crippen LogP contribution < -0.4 is 4.90 Å². The van der Waals surface area contributed by atoms with Crippen molar-refractivity contribution in [1.82, 2.24) is 19.9 Å². The van der Waals surface area contributed by atoms with E-state index in [1.54, 1.807) is 29.4 Å². The van der Waals surface area contributed by atoms with Crippen molar-refractivity contribution in [3.8, 4) is 0 Å². The normalized spacial score (nSPS) is 15.2. The fraction of sp³-hybridized carbons (Fsp3) is 0.222. The van der Waals surface area contributed by atoms with Crippen molar-refractivity contribution in [3.05, 3.63) is 54.7 Å². The summed E-state index contributed by atoms with van der Waals surface area (Å²) in [5.74, 6) is 1.10. The molecule has 1 aliphatic rings. The number of amides is 1. The van der Waals surface area contributed by atoms with Crippen molar-refractivity contribution >= 4 is 29.0 Å². The highest BCUT2D eigenvalue weighted by Crippen LogP contribution is 2.16. The molecule has 1 fully saturated rings. The summed E-state index contributed by atoms with van der Waals surface area (Å²) in [4.78, 5) is 29.1. The highest BCUT2D eigenvalue weighted by Gasteiger charge is 2.21. The van der Waals surface area contributed by atoms with Gasteiger partial charge in [-0.15, -0.1) is 0 Å². The number of anilines is 1. The van der Waals surface area contributed by atoms with Crippen LogP contribution in [0.15, 0.2) is 53.2 Å². The number of aromatic nitrogens is 3. The molecule has 7 nitrogen and oxygen atoms in total. The lowest BCUT2D eigenvalue weighted by Gasteiger charge is -2.34. The van der Waals surface area contributed by atoms with Crippen molar-refractivity contribution in [2.45, 2.75) is 0 Å². The van der Waals surface area contributed by atoms with Crippen molar-refractivity contribution < 1.29 is 9.21 Å². The number of piperazine rings is 1. The predicted molar refractivity (Wildman–Crippen MR) is 93.9 cm³/mol. The largest absolute Gasteiger partial charge is 0.437 e. The lowest BCUT2D eigenvalue weighted by molar-refractivity contribution is -0.126. The standard InChI is InChI=1S/C18H17N5O2/c24-17(7-6-16-21-14-4-1-2-5-15(14)25-16)22-10-12-23(13-11-22)18-19-8-3-9-20-18/h1-9H,10-13H2/b7-6+. The van der Waals surface area contributed by atoms with E-state index in [2.05, 4.69) is 19.9 Å². The first-order chi connectivity index (χ1) is 12.3. The lowest BCUT2D eigenvalue weighted by atomic mass is 10.3. The minimum atomic E-state index is -0.0455. The zero-order valence-corrected chi connectivity index (χ0v) is 13.6. The molecule has 4 rings (SSSR count). The van der Waals surface area contributed by atoms with E-state index >= 15 is 0 Å². The summed E-state index contributed by atoms with van der Waals surface area (Å²) in [6.45, 7) is 2.70. The minimum absolute atomic E-state index is 0.0455. The van der Waals surface area contributed by atoms with Crippen LogP contribution in [-0.2, 0) is 4.79 Å². The van der Waals surface area contributed by atoms with E-state index in [0.717, 1.165) is 5.52 Å². The number of hydrogen-bond donors (Lipinski definition) is 0. The molecule has 0 bridgehead atoms. The molecule has 0 aliphatic carbocycles. The summed E-state index contributed by atoms with van der Waals surface area (Å²) in [6.07, 6.45) is 6.58. The van der Waals surface area contributed by atoms with Crippen LogP contribution in [0.4, 0.5) is 5.95 Å². The van der Waals surface area contributed by atoms with Crippen LogP contribution in [0.25, 0.3) is 17.2 Å². The number of carbonyl (C=O) groups excluding carboxylic acids is 1. The van der Waals surface area contributed by atoms with E-state index in [-0.39, 0.29) is 5.91 Å². The second-order valence-corrected chi connectivity index (χ2v) is 5.71. The highest BCUT2D eigenvalue weighted by molar-refractivity contribution is 5.91. The SMILES string of the molecule is O=C(/C=C/c1nc2ccccc2o1)N1CCN(c2ncccn2)CC1. The number of carbonyl (C=O) groups is 1. The Labute approximate surface area is 144 Å². The van der Waals surface area contributed by atoms with E-state index in [9.17, 15) is 4.79 Å². The number of rotatable bonds is 3. The van der Waals surface area contributed by atoms with E-state index in [4.69, 9.17) is 4.42 Å². The molecule has 25 heavy (non-hydrogen) atoms. The fourth-order valence-corrected chi connectivity index (χ4v) is 2.79. The Morgan fingerprint density at radius 3 is 2.56 bits per heavy atom. The Balaban J connectivity index is 1.37. The number of hydrogen-bond acceptors (Lipinski definition) is 6. The van der Waals surface area contributed by atoms with Gasteiger partial charge in [0.05, 0.1) is 0 Å². The van der Waals surface area contributed by atoms with E-state index in [1.165, 1.54) is 6.08 Å². The first-order valence-electron chi connectivity index (χ1n) is 8.14. The van der Waals surface area contributed by atoms with Gasteiger partial charge in [-0.05, 0) is 18.2 Å². The number of para-hydroxylation sites is 2. The third-order valence-corrected chi connectivity index (χ3v) is 4.11. The third kappa shape index (κ3) is 3.35. The molecule has 0 radical (unpaired) electrons. The monoisotopic (exact) mass is 335 g/mol. The zero-order chi connectivity index (χ0) is 17.1. The van der Waals surface area contributed by atoms with Crippen LogP contribution in [0.1, 0.15) is 5.89 Å². The summed E-state index contributed by atoms with van der Waals surface area (Å²) in [6, 6.07) is 9.32. The average molecular weight is 335 g/mol. The summed E-state index contributed by atoms with van der Waals surface area (Å²) >= 11 is 0. The number of fused-ring (bicyclic) bond motifs is 1. The maximum atomic E-state index is 12.3. The predicted octanol–water partition coefficient (Wildman–Crippen LogP) is 1.98. The first kappa shape index (κ1) is 15.3. The first-order valence-corrected chi connectivity index (χ1v) is 8.14. The van der Waals surface area contributed by atoms with Gasteiger partial charge in [-0.2, -0.15) is 0 Å². The number of benzene rings is 1. The molecule has 0 N–H and O–H groups in total. The summed E-state index contributed by atoms with van der Waals surface area (Å²) in [5, 5.41) is 0. The van der Waals surface area contributed by atoms with E-state index < -0.39 is 0 Å². The molecule has 1 saturated heterocycles. The highest BCUT2D eigenvalue weighted by atomic mass is 16.3. The Morgan fingerprint density at radius 1 is 1.04 bits per heavy atom. The van der Waals surface area contributed by atoms with E-state index in [0.29, 0.717) is 43.6 Å². The molecule has 1 aromatic carbocycles. The third-order valence-electron chi connectivity index (χ3n) is 4.11. The minimum Gasteiger partial charge on any atom is -0.437 e. The number of nitrogens with zero attached hydrogens (tertiary/aromatic N) is 5. The average Bonchev–Trinajstić information content (AvgIpc) is 3.10. The Hall–Kier alpha value is -3.22. The van der Waals surface area contributed by atoms with Crippen molar-refractivity contribution in [2.75, 3.05) is 31.1 Å². The van der Waals surface area contributed by atoms with Crippen molar-refractivity contribution in [3.63, 3.8) is 0 Å².